The fraction of sp³-hybridized carbons (Fsp3) is 0.923. The Morgan fingerprint density at radius 3 is 2.42 bits per heavy atom. The van der Waals surface area contributed by atoms with Gasteiger partial charge in [-0.1, -0.05) is 27.7 Å². The number of ether oxygens (including phenoxy) is 1. The van der Waals surface area contributed by atoms with Gasteiger partial charge in [-0.3, -0.25) is 4.79 Å². The highest BCUT2D eigenvalue weighted by molar-refractivity contribution is 5.72. The number of aliphatic hydroxyl groups is 1. The van der Waals surface area contributed by atoms with Crippen molar-refractivity contribution in [2.24, 2.45) is 46.2 Å². The summed E-state index contributed by atoms with van der Waals surface area (Å²) in [6.45, 7) is 8.40. The third-order valence-corrected chi connectivity index (χ3v) is 10.8. The minimum atomic E-state index is -0.681. The average molecular weight is 465 g/mol. The SMILES string of the molecule is CC(C)C(CO)NC(=O)OC1CC[C@@]2(C)C(CC[C@@H]3[C@H]2CC[C@]2(C)C(C(=O)O)CC[C@@]32N)C1. The zero-order valence-electron chi connectivity index (χ0n) is 20.8. The molecule has 0 saturated heterocycles. The van der Waals surface area contributed by atoms with E-state index < -0.39 is 17.6 Å². The van der Waals surface area contributed by atoms with Gasteiger partial charge >= 0.3 is 12.1 Å². The van der Waals surface area contributed by atoms with E-state index in [2.05, 4.69) is 19.2 Å². The Bertz CT molecular complexity index is 774. The van der Waals surface area contributed by atoms with Crippen LogP contribution in [0.2, 0.25) is 0 Å². The van der Waals surface area contributed by atoms with E-state index in [4.69, 9.17) is 10.5 Å². The molecule has 4 fully saturated rings. The van der Waals surface area contributed by atoms with Crippen LogP contribution < -0.4 is 11.1 Å². The zero-order chi connectivity index (χ0) is 24.2. The monoisotopic (exact) mass is 464 g/mol. The largest absolute Gasteiger partial charge is 0.481 e. The van der Waals surface area contributed by atoms with Crippen molar-refractivity contribution in [1.82, 2.24) is 5.32 Å². The number of hydrogen-bond donors (Lipinski definition) is 4. The van der Waals surface area contributed by atoms with Gasteiger partial charge in [0.1, 0.15) is 6.10 Å². The van der Waals surface area contributed by atoms with Crippen LogP contribution in [0.5, 0.6) is 0 Å². The van der Waals surface area contributed by atoms with Crippen molar-refractivity contribution in [3.63, 3.8) is 0 Å². The third-order valence-electron chi connectivity index (χ3n) is 10.8. The van der Waals surface area contributed by atoms with E-state index in [-0.39, 0.29) is 41.4 Å². The van der Waals surface area contributed by atoms with E-state index in [1.807, 2.05) is 13.8 Å². The topological polar surface area (TPSA) is 122 Å². The lowest BCUT2D eigenvalue weighted by atomic mass is 9.42. The number of alkyl carbamates (subject to hydrolysis) is 1. The van der Waals surface area contributed by atoms with Gasteiger partial charge in [0.05, 0.1) is 18.6 Å². The average Bonchev–Trinajstić information content (AvgIpc) is 3.03. The quantitative estimate of drug-likeness (QED) is 0.489. The Labute approximate surface area is 198 Å². The molecule has 4 aliphatic carbocycles. The van der Waals surface area contributed by atoms with E-state index in [9.17, 15) is 19.8 Å². The van der Waals surface area contributed by atoms with Gasteiger partial charge in [-0.2, -0.15) is 0 Å². The third kappa shape index (κ3) is 3.87. The number of aliphatic hydroxyl groups excluding tert-OH is 1. The van der Waals surface area contributed by atoms with Crippen LogP contribution in [0.15, 0.2) is 0 Å². The molecular weight excluding hydrogens is 420 g/mol. The van der Waals surface area contributed by atoms with E-state index in [0.717, 1.165) is 51.4 Å². The zero-order valence-corrected chi connectivity index (χ0v) is 20.8. The number of amides is 1. The van der Waals surface area contributed by atoms with Gasteiger partial charge in [0, 0.05) is 5.54 Å². The molecule has 9 atom stereocenters. The maximum atomic E-state index is 12.4. The lowest BCUT2D eigenvalue weighted by molar-refractivity contribution is -0.157. The van der Waals surface area contributed by atoms with E-state index in [1.54, 1.807) is 0 Å². The van der Waals surface area contributed by atoms with Gasteiger partial charge in [-0.05, 0) is 92.3 Å². The first-order valence-electron chi connectivity index (χ1n) is 13.1. The first kappa shape index (κ1) is 24.8. The summed E-state index contributed by atoms with van der Waals surface area (Å²) in [5.41, 5.74) is 6.63. The number of carboxylic acid groups (broad SMARTS) is 1. The lowest BCUT2D eigenvalue weighted by Gasteiger charge is -2.64. The molecule has 0 spiro atoms. The number of carbonyl (C=O) groups excluding carboxylic acids is 1. The van der Waals surface area contributed by atoms with Crippen molar-refractivity contribution in [1.29, 1.82) is 0 Å². The van der Waals surface area contributed by atoms with Crippen molar-refractivity contribution < 1.29 is 24.5 Å². The fourth-order valence-electron chi connectivity index (χ4n) is 8.55. The molecule has 4 rings (SSSR count). The van der Waals surface area contributed by atoms with Crippen molar-refractivity contribution in [2.75, 3.05) is 6.61 Å². The second-order valence-corrected chi connectivity index (χ2v) is 12.4. The number of rotatable bonds is 5. The number of carbonyl (C=O) groups is 2. The summed E-state index contributed by atoms with van der Waals surface area (Å²) in [4.78, 5) is 24.4. The van der Waals surface area contributed by atoms with Crippen LogP contribution in [0.3, 0.4) is 0 Å². The van der Waals surface area contributed by atoms with Crippen molar-refractivity contribution >= 4 is 12.1 Å². The number of hydrogen-bond acceptors (Lipinski definition) is 5. The standard InChI is InChI=1S/C26H44N2O5/c1-15(2)21(14-29)28-23(32)33-17-7-10-24(3)16(13-17)5-6-19-18(24)8-11-25(4)20(22(30)31)9-12-26(19,25)27/h15-21,29H,5-14,27H2,1-4H3,(H,28,32)(H,30,31)/t16?,17?,18-,19-,20?,21?,24+,25-,26-/m1/s1. The number of nitrogens with two attached hydrogens (primary N) is 1. The number of aliphatic carboxylic acids is 1. The van der Waals surface area contributed by atoms with Crippen LogP contribution in [-0.4, -0.2) is 46.6 Å². The Morgan fingerprint density at radius 2 is 1.79 bits per heavy atom. The first-order chi connectivity index (χ1) is 15.5. The van der Waals surface area contributed by atoms with E-state index >= 15 is 0 Å². The summed E-state index contributed by atoms with van der Waals surface area (Å²) < 4.78 is 5.80. The highest BCUT2D eigenvalue weighted by Crippen LogP contribution is 2.68. The molecule has 5 N–H and O–H groups in total. The molecule has 0 aromatic heterocycles. The van der Waals surface area contributed by atoms with Gasteiger partial charge in [-0.25, -0.2) is 4.79 Å². The molecular formula is C26H44N2O5. The Balaban J connectivity index is 1.44. The molecule has 4 aliphatic rings. The number of carboxylic acids is 1. The fourth-order valence-corrected chi connectivity index (χ4v) is 8.55. The molecule has 0 heterocycles. The minimum Gasteiger partial charge on any atom is -0.481 e. The van der Waals surface area contributed by atoms with Crippen molar-refractivity contribution in [3.8, 4) is 0 Å². The molecule has 0 bridgehead atoms. The summed E-state index contributed by atoms with van der Waals surface area (Å²) in [7, 11) is 0. The second kappa shape index (κ2) is 8.71. The predicted molar refractivity (Wildman–Crippen MR) is 125 cm³/mol. The van der Waals surface area contributed by atoms with Gasteiger partial charge < -0.3 is 26.0 Å². The van der Waals surface area contributed by atoms with Crippen molar-refractivity contribution in [2.45, 2.75) is 103 Å². The van der Waals surface area contributed by atoms with E-state index in [1.165, 1.54) is 0 Å². The smallest absolute Gasteiger partial charge is 0.407 e. The Hall–Kier alpha value is -1.34. The summed E-state index contributed by atoms with van der Waals surface area (Å²) in [6.07, 6.45) is 7.79. The van der Waals surface area contributed by atoms with Crippen LogP contribution in [0.25, 0.3) is 0 Å². The first-order valence-corrected chi connectivity index (χ1v) is 13.1. The van der Waals surface area contributed by atoms with E-state index in [0.29, 0.717) is 24.2 Å². The maximum absolute atomic E-state index is 12.4. The summed E-state index contributed by atoms with van der Waals surface area (Å²) in [5.74, 6) is 0.513. The molecule has 4 saturated carbocycles. The lowest BCUT2D eigenvalue weighted by Crippen LogP contribution is -2.66. The molecule has 0 radical (unpaired) electrons. The Morgan fingerprint density at radius 1 is 1.06 bits per heavy atom. The highest BCUT2D eigenvalue weighted by Gasteiger charge is 2.67. The number of nitrogens with one attached hydrogen (secondary N) is 1. The summed E-state index contributed by atoms with van der Waals surface area (Å²) >= 11 is 0. The predicted octanol–water partition coefficient (Wildman–Crippen LogP) is 3.92. The normalized spacial score (nSPS) is 45.5. The van der Waals surface area contributed by atoms with Crippen LogP contribution in [0, 0.1) is 40.4 Å². The number of fused-ring (bicyclic) bond motifs is 5. The van der Waals surface area contributed by atoms with Gasteiger partial charge in [0.25, 0.3) is 0 Å². The molecule has 0 aromatic rings. The van der Waals surface area contributed by atoms with Gasteiger partial charge in [-0.15, -0.1) is 0 Å². The molecule has 7 nitrogen and oxygen atoms in total. The minimum absolute atomic E-state index is 0.0882. The van der Waals surface area contributed by atoms with Gasteiger partial charge in [0.2, 0.25) is 0 Å². The van der Waals surface area contributed by atoms with Crippen LogP contribution in [-0.2, 0) is 9.53 Å². The molecule has 188 valence electrons. The molecule has 33 heavy (non-hydrogen) atoms. The highest BCUT2D eigenvalue weighted by atomic mass is 16.6. The van der Waals surface area contributed by atoms with Crippen LogP contribution in [0.4, 0.5) is 4.79 Å². The molecule has 4 unspecified atom stereocenters. The van der Waals surface area contributed by atoms with Crippen LogP contribution >= 0.6 is 0 Å². The summed E-state index contributed by atoms with van der Waals surface area (Å²) in [6, 6.07) is -0.292. The molecule has 1 amide bonds. The molecule has 0 aliphatic heterocycles. The summed E-state index contributed by atoms with van der Waals surface area (Å²) in [5, 5.41) is 22.2. The second-order valence-electron chi connectivity index (χ2n) is 12.4. The van der Waals surface area contributed by atoms with Crippen LogP contribution in [0.1, 0.15) is 85.5 Å². The van der Waals surface area contributed by atoms with Crippen molar-refractivity contribution in [3.05, 3.63) is 0 Å². The maximum Gasteiger partial charge on any atom is 0.407 e. The Kier molecular flexibility index (Phi) is 6.54. The molecule has 0 aromatic carbocycles. The molecule has 7 heteroatoms. The van der Waals surface area contributed by atoms with Gasteiger partial charge in [0.15, 0.2) is 0 Å².